The zero-order valence-corrected chi connectivity index (χ0v) is 15.7. The Morgan fingerprint density at radius 3 is 2.32 bits per heavy atom. The molecule has 28 heavy (non-hydrogen) atoms. The van der Waals surface area contributed by atoms with Crippen molar-refractivity contribution >= 4 is 26.1 Å². The second kappa shape index (κ2) is 6.40. The number of alkyl halides is 6. The number of sulfone groups is 1. The lowest BCUT2D eigenvalue weighted by Gasteiger charge is -2.12. The molecule has 0 aliphatic rings. The minimum atomic E-state index is -4.85. The summed E-state index contributed by atoms with van der Waals surface area (Å²) in [7, 11) is -4.19. The smallest absolute Gasteiger partial charge is 0.253 e. The van der Waals surface area contributed by atoms with Gasteiger partial charge in [-0.15, -0.1) is 5.10 Å². The summed E-state index contributed by atoms with van der Waals surface area (Å²) in [6, 6.07) is 0.414. The minimum Gasteiger partial charge on any atom is -0.253 e. The zero-order valence-electron chi connectivity index (χ0n) is 14.1. The Morgan fingerprint density at radius 1 is 1.14 bits per heavy atom. The predicted octanol–water partition coefficient (Wildman–Crippen LogP) is 3.99. The van der Waals surface area contributed by atoms with Crippen molar-refractivity contribution in [2.45, 2.75) is 31.1 Å². The Hall–Kier alpha value is -2.22. The van der Waals surface area contributed by atoms with Crippen LogP contribution in [0.2, 0.25) is 0 Å². The van der Waals surface area contributed by atoms with Crippen LogP contribution in [-0.2, 0) is 22.2 Å². The summed E-state index contributed by atoms with van der Waals surface area (Å²) in [5.41, 5.74) is -1.88. The largest absolute Gasteiger partial charge is 0.445 e. The van der Waals surface area contributed by atoms with Crippen LogP contribution in [-0.4, -0.2) is 33.8 Å². The second-order valence-electron chi connectivity index (χ2n) is 5.62. The molecule has 0 spiro atoms. The maximum atomic E-state index is 13.0. The Labute approximate surface area is 157 Å². The molecular formula is C14H10F6N4O2S2. The van der Waals surface area contributed by atoms with Crippen LogP contribution in [0.1, 0.15) is 23.2 Å². The molecule has 0 N–H and O–H groups in total. The SMILES string of the molecule is CCS(=O)(=O)c1cc(C(F)(F)F)cnc1-c1c(C)nc2sc(C(F)(F)F)nn12. The number of hydrogen-bond donors (Lipinski definition) is 0. The fourth-order valence-electron chi connectivity index (χ4n) is 2.41. The van der Waals surface area contributed by atoms with E-state index < -0.39 is 49.1 Å². The summed E-state index contributed by atoms with van der Waals surface area (Å²) in [5, 5.41) is 2.16. The van der Waals surface area contributed by atoms with E-state index in [1.165, 1.54) is 13.8 Å². The molecule has 3 aromatic rings. The molecule has 0 bridgehead atoms. The van der Waals surface area contributed by atoms with Gasteiger partial charge >= 0.3 is 12.4 Å². The van der Waals surface area contributed by atoms with Gasteiger partial charge in [-0.1, -0.05) is 18.3 Å². The van der Waals surface area contributed by atoms with Crippen molar-refractivity contribution in [2.75, 3.05) is 5.75 Å². The minimum absolute atomic E-state index is 0.0762. The van der Waals surface area contributed by atoms with Gasteiger partial charge in [0.05, 0.1) is 21.9 Å². The lowest BCUT2D eigenvalue weighted by atomic mass is 10.2. The highest BCUT2D eigenvalue weighted by Gasteiger charge is 2.38. The van der Waals surface area contributed by atoms with E-state index in [-0.39, 0.29) is 27.7 Å². The molecule has 3 aromatic heterocycles. The quantitative estimate of drug-likeness (QED) is 0.571. The summed E-state index contributed by atoms with van der Waals surface area (Å²) in [6.07, 6.45) is -9.20. The molecule has 0 saturated carbocycles. The normalized spacial score (nSPS) is 13.4. The highest BCUT2D eigenvalue weighted by atomic mass is 32.2. The summed E-state index contributed by atoms with van der Waals surface area (Å²) in [5.74, 6) is -0.533. The standard InChI is InChI=1S/C14H10F6N4O2S2/c1-3-28(25,26)8-4-7(13(15,16)17)5-21-9(8)10-6(2)22-12-24(10)23-11(27-12)14(18,19)20/h4-5H,3H2,1-2H3. The summed E-state index contributed by atoms with van der Waals surface area (Å²) >= 11 is 0.219. The lowest BCUT2D eigenvalue weighted by molar-refractivity contribution is -0.139. The number of halogens is 6. The van der Waals surface area contributed by atoms with Gasteiger partial charge in [0.25, 0.3) is 0 Å². The molecule has 3 heterocycles. The van der Waals surface area contributed by atoms with Crippen LogP contribution >= 0.6 is 11.3 Å². The van der Waals surface area contributed by atoms with E-state index in [1.54, 1.807) is 0 Å². The molecule has 0 aliphatic carbocycles. The molecule has 14 heteroatoms. The van der Waals surface area contributed by atoms with Gasteiger partial charge in [-0.2, -0.15) is 26.3 Å². The summed E-state index contributed by atoms with van der Waals surface area (Å²) in [4.78, 5) is 6.57. The van der Waals surface area contributed by atoms with Gasteiger partial charge in [-0.25, -0.2) is 17.9 Å². The first-order valence-electron chi connectivity index (χ1n) is 7.49. The second-order valence-corrected chi connectivity index (χ2v) is 8.82. The molecule has 0 saturated heterocycles. The number of rotatable bonds is 3. The van der Waals surface area contributed by atoms with Crippen molar-refractivity contribution < 1.29 is 34.8 Å². The van der Waals surface area contributed by atoms with Gasteiger partial charge in [0.15, 0.2) is 9.84 Å². The molecule has 0 atom stereocenters. The van der Waals surface area contributed by atoms with Gasteiger partial charge in [0, 0.05) is 6.20 Å². The summed E-state index contributed by atoms with van der Waals surface area (Å²) in [6.45, 7) is 2.59. The molecule has 152 valence electrons. The number of imidazole rings is 1. The van der Waals surface area contributed by atoms with Crippen LogP contribution in [0.15, 0.2) is 17.2 Å². The van der Waals surface area contributed by atoms with E-state index in [9.17, 15) is 34.8 Å². The van der Waals surface area contributed by atoms with Crippen LogP contribution < -0.4 is 0 Å². The molecule has 0 fully saturated rings. The molecule has 0 aromatic carbocycles. The van der Waals surface area contributed by atoms with E-state index in [4.69, 9.17) is 0 Å². The van der Waals surface area contributed by atoms with Crippen molar-refractivity contribution in [1.29, 1.82) is 0 Å². The Morgan fingerprint density at radius 2 is 1.79 bits per heavy atom. The van der Waals surface area contributed by atoms with E-state index in [1.807, 2.05) is 0 Å². The van der Waals surface area contributed by atoms with Crippen LogP contribution in [0.25, 0.3) is 16.3 Å². The van der Waals surface area contributed by atoms with E-state index in [0.717, 1.165) is 4.52 Å². The fourth-order valence-corrected chi connectivity index (χ4v) is 4.28. The Bertz CT molecular complexity index is 1160. The lowest BCUT2D eigenvalue weighted by Crippen LogP contribution is -2.13. The zero-order chi connectivity index (χ0) is 21.1. The first-order valence-corrected chi connectivity index (χ1v) is 9.96. The first kappa shape index (κ1) is 20.5. The van der Waals surface area contributed by atoms with Gasteiger partial charge in [0.2, 0.25) is 9.97 Å². The first-order chi connectivity index (χ1) is 12.8. The third kappa shape index (κ3) is 3.45. The average molecular weight is 444 g/mol. The third-order valence-corrected chi connectivity index (χ3v) is 6.43. The van der Waals surface area contributed by atoms with Gasteiger partial charge in [-0.3, -0.25) is 4.98 Å². The molecule has 0 aliphatic heterocycles. The summed E-state index contributed by atoms with van der Waals surface area (Å²) < 4.78 is 103. The third-order valence-electron chi connectivity index (χ3n) is 3.74. The highest BCUT2D eigenvalue weighted by Crippen LogP contribution is 2.38. The van der Waals surface area contributed by atoms with E-state index in [2.05, 4.69) is 15.1 Å². The van der Waals surface area contributed by atoms with E-state index >= 15 is 0 Å². The van der Waals surface area contributed by atoms with Crippen molar-refractivity contribution in [3.63, 3.8) is 0 Å². The monoisotopic (exact) mass is 444 g/mol. The maximum Gasteiger partial charge on any atom is 0.445 e. The number of pyridine rings is 1. The Balaban J connectivity index is 2.35. The van der Waals surface area contributed by atoms with Crippen molar-refractivity contribution in [1.82, 2.24) is 19.6 Å². The highest BCUT2D eigenvalue weighted by molar-refractivity contribution is 7.91. The number of nitrogens with zero attached hydrogens (tertiary/aromatic N) is 4. The number of hydrogen-bond acceptors (Lipinski definition) is 6. The average Bonchev–Trinajstić information content (AvgIpc) is 3.10. The Kier molecular flexibility index (Phi) is 4.69. The molecule has 3 rings (SSSR count). The van der Waals surface area contributed by atoms with E-state index in [0.29, 0.717) is 12.3 Å². The molecule has 6 nitrogen and oxygen atoms in total. The number of aromatic nitrogens is 4. The molecular weight excluding hydrogens is 434 g/mol. The van der Waals surface area contributed by atoms with Crippen molar-refractivity contribution in [3.05, 3.63) is 28.5 Å². The van der Waals surface area contributed by atoms with Crippen LogP contribution in [0.3, 0.4) is 0 Å². The fraction of sp³-hybridized carbons (Fsp3) is 0.357. The topological polar surface area (TPSA) is 77.2 Å². The van der Waals surface area contributed by atoms with Crippen LogP contribution in [0.4, 0.5) is 26.3 Å². The molecule has 0 amide bonds. The van der Waals surface area contributed by atoms with Crippen LogP contribution in [0, 0.1) is 6.92 Å². The maximum absolute atomic E-state index is 13.0. The number of aryl methyl sites for hydroxylation is 1. The van der Waals surface area contributed by atoms with Gasteiger partial charge < -0.3 is 0 Å². The van der Waals surface area contributed by atoms with Crippen LogP contribution in [0.5, 0.6) is 0 Å². The van der Waals surface area contributed by atoms with Gasteiger partial charge in [-0.05, 0) is 13.0 Å². The molecule has 0 radical (unpaired) electrons. The van der Waals surface area contributed by atoms with Crippen molar-refractivity contribution in [3.8, 4) is 11.4 Å². The van der Waals surface area contributed by atoms with Gasteiger partial charge in [0.1, 0.15) is 11.4 Å². The number of fused-ring (bicyclic) bond motifs is 1. The van der Waals surface area contributed by atoms with Crippen molar-refractivity contribution in [2.24, 2.45) is 0 Å². The predicted molar refractivity (Wildman–Crippen MR) is 86.6 cm³/mol. The molecule has 0 unspecified atom stereocenters.